The molecule has 3 aromatic rings. The first kappa shape index (κ1) is 24.0. The summed E-state index contributed by atoms with van der Waals surface area (Å²) < 4.78 is 72.4. The van der Waals surface area contributed by atoms with Gasteiger partial charge in [-0.2, -0.15) is 23.2 Å². The van der Waals surface area contributed by atoms with Gasteiger partial charge < -0.3 is 9.30 Å². The fraction of sp³-hybridized carbons (Fsp3) is 0.391. The van der Waals surface area contributed by atoms with Crippen molar-refractivity contribution in [2.75, 3.05) is 7.11 Å². The third-order valence-corrected chi connectivity index (χ3v) is 7.65. The van der Waals surface area contributed by atoms with Crippen LogP contribution in [0.3, 0.4) is 0 Å². The number of rotatable bonds is 6. The van der Waals surface area contributed by atoms with E-state index in [4.69, 9.17) is 4.74 Å². The summed E-state index contributed by atoms with van der Waals surface area (Å²) in [5.74, 6) is 0.638. The van der Waals surface area contributed by atoms with Crippen molar-refractivity contribution in [1.82, 2.24) is 14.3 Å². The molecule has 180 valence electrons. The molecule has 0 radical (unpaired) electrons. The summed E-state index contributed by atoms with van der Waals surface area (Å²) in [6.45, 7) is 0.729. The summed E-state index contributed by atoms with van der Waals surface area (Å²) in [6.07, 6.45) is 0.228. The highest BCUT2D eigenvalue weighted by Gasteiger charge is 2.39. The van der Waals surface area contributed by atoms with E-state index in [1.165, 1.54) is 12.1 Å². The van der Waals surface area contributed by atoms with E-state index in [0.717, 1.165) is 49.7 Å². The molecule has 0 aliphatic heterocycles. The summed E-state index contributed by atoms with van der Waals surface area (Å²) in [5.41, 5.74) is 2.13. The maximum atomic E-state index is 12.8. The summed E-state index contributed by atoms with van der Waals surface area (Å²) in [7, 11) is -2.88. The van der Waals surface area contributed by atoms with E-state index in [9.17, 15) is 26.9 Å². The van der Waals surface area contributed by atoms with Gasteiger partial charge in [0.25, 0.3) is 0 Å². The number of alkyl halides is 3. The molecule has 1 N–H and O–H groups in total. The molecule has 0 bridgehead atoms. The van der Waals surface area contributed by atoms with E-state index in [2.05, 4.69) is 15.6 Å². The Morgan fingerprint density at radius 2 is 1.94 bits per heavy atom. The van der Waals surface area contributed by atoms with Crippen molar-refractivity contribution in [1.29, 1.82) is 5.26 Å². The first-order chi connectivity index (χ1) is 16.1. The largest absolute Gasteiger partial charge is 0.497 e. The first-order valence-corrected chi connectivity index (χ1v) is 12.2. The Hall–Kier alpha value is -3.10. The number of nitrogens with one attached hydrogen (secondary N) is 1. The number of hydrogen-bond donors (Lipinski definition) is 1. The number of aromatic nitrogens is 2. The van der Waals surface area contributed by atoms with Crippen LogP contribution in [0.5, 0.6) is 5.75 Å². The summed E-state index contributed by atoms with van der Waals surface area (Å²) in [5, 5.41) is 10.7. The summed E-state index contributed by atoms with van der Waals surface area (Å²) in [4.78, 5) is 3.87. The normalized spacial score (nSPS) is 16.0. The van der Waals surface area contributed by atoms with Gasteiger partial charge >= 0.3 is 6.18 Å². The number of methoxy groups -OCH3 is 1. The standard InChI is InChI=1S/C23H23F3N4O3S/c1-14(23(24,25)26)29-34(31,32)17-8-10-20(28-13-17)22-19(12-27)18-9-7-16(33-2)11-21(18)30(22)15-5-3-4-6-15/h7-11,13-15,29H,3-6H2,1-2H3/t14-/m1/s1. The van der Waals surface area contributed by atoms with Gasteiger partial charge in [-0.1, -0.05) is 12.8 Å². The molecule has 1 fully saturated rings. The van der Waals surface area contributed by atoms with Crippen LogP contribution in [0.25, 0.3) is 22.3 Å². The van der Waals surface area contributed by atoms with E-state index in [-0.39, 0.29) is 6.04 Å². The maximum absolute atomic E-state index is 12.8. The molecule has 2 heterocycles. The molecular formula is C23H23F3N4O3S. The van der Waals surface area contributed by atoms with Crippen LogP contribution in [0.15, 0.2) is 41.4 Å². The van der Waals surface area contributed by atoms with Gasteiger partial charge in [-0.25, -0.2) is 8.42 Å². The number of sulfonamides is 1. The van der Waals surface area contributed by atoms with Crippen molar-refractivity contribution in [2.24, 2.45) is 0 Å². The molecule has 1 aliphatic carbocycles. The Morgan fingerprint density at radius 3 is 2.50 bits per heavy atom. The first-order valence-electron chi connectivity index (χ1n) is 10.7. The van der Waals surface area contributed by atoms with E-state index in [1.54, 1.807) is 17.9 Å². The Bertz CT molecular complexity index is 1350. The molecule has 11 heteroatoms. The Labute approximate surface area is 195 Å². The average Bonchev–Trinajstić information content (AvgIpc) is 3.43. The van der Waals surface area contributed by atoms with Crippen molar-refractivity contribution in [3.8, 4) is 23.2 Å². The van der Waals surface area contributed by atoms with E-state index in [1.807, 2.05) is 12.1 Å². The number of fused-ring (bicyclic) bond motifs is 1. The highest BCUT2D eigenvalue weighted by atomic mass is 32.2. The molecule has 2 aromatic heterocycles. The minimum Gasteiger partial charge on any atom is -0.497 e. The zero-order valence-electron chi connectivity index (χ0n) is 18.6. The van der Waals surface area contributed by atoms with Crippen molar-refractivity contribution < 1.29 is 26.3 Å². The van der Waals surface area contributed by atoms with E-state index >= 15 is 0 Å². The molecule has 7 nitrogen and oxygen atoms in total. The number of benzene rings is 1. The fourth-order valence-electron chi connectivity index (χ4n) is 4.37. The van der Waals surface area contributed by atoms with E-state index < -0.39 is 27.1 Å². The van der Waals surface area contributed by atoms with Gasteiger partial charge in [0.1, 0.15) is 22.8 Å². The quantitative estimate of drug-likeness (QED) is 0.526. The predicted molar refractivity (Wildman–Crippen MR) is 120 cm³/mol. The maximum Gasteiger partial charge on any atom is 0.404 e. The topological polar surface area (TPSA) is 97.0 Å². The van der Waals surface area contributed by atoms with Crippen LogP contribution in [0.2, 0.25) is 0 Å². The monoisotopic (exact) mass is 492 g/mol. The van der Waals surface area contributed by atoms with Gasteiger partial charge in [0.15, 0.2) is 0 Å². The molecule has 0 unspecified atom stereocenters. The zero-order chi connectivity index (χ0) is 24.7. The molecule has 34 heavy (non-hydrogen) atoms. The fourth-order valence-corrected chi connectivity index (χ4v) is 5.54. The minimum atomic E-state index is -4.72. The summed E-state index contributed by atoms with van der Waals surface area (Å²) >= 11 is 0. The van der Waals surface area contributed by atoms with Crippen LogP contribution in [0.1, 0.15) is 44.2 Å². The third kappa shape index (κ3) is 4.35. The van der Waals surface area contributed by atoms with Gasteiger partial charge in [0.05, 0.1) is 29.6 Å². The van der Waals surface area contributed by atoms with Crippen molar-refractivity contribution in [2.45, 2.75) is 55.8 Å². The zero-order valence-corrected chi connectivity index (χ0v) is 19.4. The number of ether oxygens (including phenoxy) is 1. The Morgan fingerprint density at radius 1 is 1.24 bits per heavy atom. The Kier molecular flexibility index (Phi) is 6.31. The minimum absolute atomic E-state index is 0.131. The second-order valence-corrected chi connectivity index (χ2v) is 10.0. The van der Waals surface area contributed by atoms with Crippen LogP contribution in [0.4, 0.5) is 13.2 Å². The van der Waals surface area contributed by atoms with Crippen molar-refractivity contribution >= 4 is 20.9 Å². The van der Waals surface area contributed by atoms with Gasteiger partial charge in [0, 0.05) is 23.7 Å². The van der Waals surface area contributed by atoms with Crippen LogP contribution < -0.4 is 9.46 Å². The SMILES string of the molecule is COc1ccc2c(C#N)c(-c3ccc(S(=O)(=O)N[C@H](C)C(F)(F)F)cn3)n(C3CCCC3)c2c1. The Balaban J connectivity index is 1.82. The number of nitrogens with zero attached hydrogens (tertiary/aromatic N) is 3. The molecule has 4 rings (SSSR count). The lowest BCUT2D eigenvalue weighted by Crippen LogP contribution is -2.42. The molecule has 0 spiro atoms. The summed E-state index contributed by atoms with van der Waals surface area (Å²) in [6, 6.07) is 8.19. The third-order valence-electron chi connectivity index (χ3n) is 6.13. The smallest absolute Gasteiger partial charge is 0.404 e. The van der Waals surface area contributed by atoms with Gasteiger partial charge in [-0.05, 0) is 44.0 Å². The van der Waals surface area contributed by atoms with Crippen molar-refractivity contribution in [3.05, 3.63) is 42.1 Å². The molecule has 1 aromatic carbocycles. The van der Waals surface area contributed by atoms with Gasteiger partial charge in [-0.15, -0.1) is 0 Å². The number of halogens is 3. The number of nitriles is 1. The highest BCUT2D eigenvalue weighted by molar-refractivity contribution is 7.89. The second kappa shape index (κ2) is 8.92. The van der Waals surface area contributed by atoms with Gasteiger partial charge in [0.2, 0.25) is 10.0 Å². The molecule has 1 atom stereocenters. The molecule has 1 saturated carbocycles. The van der Waals surface area contributed by atoms with Crippen LogP contribution in [0, 0.1) is 11.3 Å². The molecular weight excluding hydrogens is 469 g/mol. The van der Waals surface area contributed by atoms with Crippen LogP contribution in [-0.4, -0.2) is 37.3 Å². The lowest BCUT2D eigenvalue weighted by molar-refractivity contribution is -0.147. The van der Waals surface area contributed by atoms with E-state index in [0.29, 0.717) is 22.7 Å². The molecule has 1 aliphatic rings. The molecule has 0 saturated heterocycles. The molecule has 0 amide bonds. The number of hydrogen-bond acceptors (Lipinski definition) is 5. The predicted octanol–water partition coefficient (Wildman–Crippen LogP) is 4.93. The lowest BCUT2D eigenvalue weighted by Gasteiger charge is -2.19. The highest BCUT2D eigenvalue weighted by Crippen LogP contribution is 2.41. The van der Waals surface area contributed by atoms with Crippen LogP contribution >= 0.6 is 0 Å². The second-order valence-electron chi connectivity index (χ2n) is 8.29. The van der Waals surface area contributed by atoms with Crippen LogP contribution in [-0.2, 0) is 10.0 Å². The average molecular weight is 493 g/mol. The number of pyridine rings is 1. The van der Waals surface area contributed by atoms with Crippen molar-refractivity contribution in [3.63, 3.8) is 0 Å². The van der Waals surface area contributed by atoms with Gasteiger partial charge in [-0.3, -0.25) is 4.98 Å². The lowest BCUT2D eigenvalue weighted by atomic mass is 10.1.